The van der Waals surface area contributed by atoms with Gasteiger partial charge in [-0.15, -0.1) is 0 Å². The van der Waals surface area contributed by atoms with Crippen molar-refractivity contribution in [3.05, 3.63) is 34.3 Å². The number of imide groups is 1. The Morgan fingerprint density at radius 1 is 1.32 bits per heavy atom. The van der Waals surface area contributed by atoms with Crippen LogP contribution in [0.1, 0.15) is 17.9 Å². The number of rotatable bonds is 5. The molecule has 1 aliphatic heterocycles. The minimum atomic E-state index is -0.390. The molecule has 1 saturated carbocycles. The number of hydrogen-bond donors (Lipinski definition) is 2. The summed E-state index contributed by atoms with van der Waals surface area (Å²) in [6.45, 7) is 0.550. The molecule has 4 amide bonds. The summed E-state index contributed by atoms with van der Waals surface area (Å²) in [4.78, 5) is 35.9. The molecule has 116 valence electrons. The van der Waals surface area contributed by atoms with E-state index in [1.54, 1.807) is 0 Å². The number of hydrogen-bond acceptors (Lipinski definition) is 3. The van der Waals surface area contributed by atoms with Crippen molar-refractivity contribution >= 4 is 33.8 Å². The second-order valence-corrected chi connectivity index (χ2v) is 6.41. The first-order valence-electron chi connectivity index (χ1n) is 7.17. The Balaban J connectivity index is 1.45. The number of amides is 4. The van der Waals surface area contributed by atoms with Gasteiger partial charge in [0.1, 0.15) is 0 Å². The van der Waals surface area contributed by atoms with Crippen molar-refractivity contribution in [2.75, 3.05) is 19.6 Å². The molecule has 2 aliphatic rings. The minimum absolute atomic E-state index is 0.00992. The molecule has 1 aliphatic carbocycles. The molecule has 1 saturated heterocycles. The summed E-state index contributed by atoms with van der Waals surface area (Å²) < 4.78 is 1.02. The molecule has 2 N–H and O–H groups in total. The molecule has 2 unspecified atom stereocenters. The molecule has 3 rings (SSSR count). The molecule has 7 heteroatoms. The molecule has 2 atom stereocenters. The van der Waals surface area contributed by atoms with E-state index in [9.17, 15) is 14.4 Å². The van der Waals surface area contributed by atoms with Crippen molar-refractivity contribution in [2.24, 2.45) is 5.92 Å². The van der Waals surface area contributed by atoms with Crippen LogP contribution in [0.5, 0.6) is 0 Å². The van der Waals surface area contributed by atoms with Crippen LogP contribution in [-0.4, -0.2) is 42.4 Å². The van der Waals surface area contributed by atoms with E-state index in [0.717, 1.165) is 21.4 Å². The van der Waals surface area contributed by atoms with Crippen LogP contribution >= 0.6 is 15.9 Å². The average molecular weight is 366 g/mol. The highest BCUT2D eigenvalue weighted by atomic mass is 79.9. The second-order valence-electron chi connectivity index (χ2n) is 5.50. The van der Waals surface area contributed by atoms with Gasteiger partial charge < -0.3 is 10.6 Å². The first-order chi connectivity index (χ1) is 10.6. The quantitative estimate of drug-likeness (QED) is 0.770. The molecule has 0 bridgehead atoms. The minimum Gasteiger partial charge on any atom is -0.354 e. The van der Waals surface area contributed by atoms with Crippen molar-refractivity contribution in [1.82, 2.24) is 15.5 Å². The maximum Gasteiger partial charge on any atom is 0.324 e. The fraction of sp³-hybridized carbons (Fsp3) is 0.400. The van der Waals surface area contributed by atoms with Gasteiger partial charge in [-0.1, -0.05) is 28.1 Å². The first-order valence-corrected chi connectivity index (χ1v) is 7.97. The SMILES string of the molecule is O=C(NCCN1C(=O)CNC1=O)C1CC1c1ccc(Br)cc1. The number of nitrogens with zero attached hydrogens (tertiary/aromatic N) is 1. The standard InChI is InChI=1S/C15H16BrN3O3/c16-10-3-1-9(2-4-10)11-7-12(11)14(21)17-5-6-19-13(20)8-18-15(19)22/h1-4,11-12H,5-8H2,(H,17,21)(H,18,22). The number of nitrogens with one attached hydrogen (secondary N) is 2. The van der Waals surface area contributed by atoms with Crippen LogP contribution in [0.4, 0.5) is 4.79 Å². The predicted molar refractivity (Wildman–Crippen MR) is 83.1 cm³/mol. The van der Waals surface area contributed by atoms with Crippen molar-refractivity contribution in [1.29, 1.82) is 0 Å². The lowest BCUT2D eigenvalue weighted by molar-refractivity contribution is -0.126. The molecule has 6 nitrogen and oxygen atoms in total. The highest BCUT2D eigenvalue weighted by molar-refractivity contribution is 9.10. The van der Waals surface area contributed by atoms with E-state index in [2.05, 4.69) is 26.6 Å². The van der Waals surface area contributed by atoms with Crippen molar-refractivity contribution in [3.63, 3.8) is 0 Å². The van der Waals surface area contributed by atoms with Crippen LogP contribution in [-0.2, 0) is 9.59 Å². The third kappa shape index (κ3) is 3.14. The Hall–Kier alpha value is -1.89. The van der Waals surface area contributed by atoms with E-state index >= 15 is 0 Å². The highest BCUT2D eigenvalue weighted by Crippen LogP contribution is 2.47. The Labute approximate surface area is 136 Å². The third-order valence-corrected chi connectivity index (χ3v) is 4.53. The Bertz CT molecular complexity index is 601. The van der Waals surface area contributed by atoms with Gasteiger partial charge in [-0.2, -0.15) is 0 Å². The lowest BCUT2D eigenvalue weighted by Crippen LogP contribution is -2.39. The second kappa shape index (κ2) is 6.08. The Morgan fingerprint density at radius 2 is 2.05 bits per heavy atom. The fourth-order valence-electron chi connectivity index (χ4n) is 2.67. The zero-order chi connectivity index (χ0) is 15.7. The number of benzene rings is 1. The molecule has 0 aromatic heterocycles. The molecule has 2 fully saturated rings. The molecule has 0 radical (unpaired) electrons. The first kappa shape index (κ1) is 15.0. The molecule has 1 aromatic rings. The van der Waals surface area contributed by atoms with Gasteiger partial charge in [0.2, 0.25) is 11.8 Å². The van der Waals surface area contributed by atoms with Crippen LogP contribution < -0.4 is 10.6 Å². The maximum absolute atomic E-state index is 12.1. The van der Waals surface area contributed by atoms with E-state index in [-0.39, 0.29) is 36.7 Å². The van der Waals surface area contributed by atoms with E-state index in [1.807, 2.05) is 24.3 Å². The summed E-state index contributed by atoms with van der Waals surface area (Å²) in [6.07, 6.45) is 0.844. The number of halogens is 1. The molecule has 22 heavy (non-hydrogen) atoms. The molecule has 1 heterocycles. The zero-order valence-electron chi connectivity index (χ0n) is 11.8. The fourth-order valence-corrected chi connectivity index (χ4v) is 2.93. The van der Waals surface area contributed by atoms with Gasteiger partial charge in [0.15, 0.2) is 0 Å². The van der Waals surface area contributed by atoms with Gasteiger partial charge in [0, 0.05) is 23.5 Å². The summed E-state index contributed by atoms with van der Waals surface area (Å²) in [6, 6.07) is 7.60. The van der Waals surface area contributed by atoms with Gasteiger partial charge in [-0.25, -0.2) is 4.79 Å². The van der Waals surface area contributed by atoms with E-state index in [1.165, 1.54) is 0 Å². The highest BCUT2D eigenvalue weighted by Gasteiger charge is 2.43. The maximum atomic E-state index is 12.1. The number of carbonyl (C=O) groups is 3. The van der Waals surface area contributed by atoms with E-state index in [0.29, 0.717) is 6.54 Å². The van der Waals surface area contributed by atoms with Gasteiger partial charge in [0.25, 0.3) is 0 Å². The summed E-state index contributed by atoms with van der Waals surface area (Å²) >= 11 is 3.39. The normalized spacial score (nSPS) is 23.4. The Kier molecular flexibility index (Phi) is 4.15. The third-order valence-electron chi connectivity index (χ3n) is 4.00. The molecular formula is C15H16BrN3O3. The zero-order valence-corrected chi connectivity index (χ0v) is 13.4. The van der Waals surface area contributed by atoms with Gasteiger partial charge in [-0.05, 0) is 30.0 Å². The van der Waals surface area contributed by atoms with Crippen molar-refractivity contribution in [3.8, 4) is 0 Å². The number of urea groups is 1. The van der Waals surface area contributed by atoms with Gasteiger partial charge in [-0.3, -0.25) is 14.5 Å². The van der Waals surface area contributed by atoms with Gasteiger partial charge >= 0.3 is 6.03 Å². The Morgan fingerprint density at radius 3 is 2.68 bits per heavy atom. The summed E-state index contributed by atoms with van der Waals surface area (Å²) in [5.74, 6) is -0.00696. The van der Waals surface area contributed by atoms with Crippen LogP contribution in [0.2, 0.25) is 0 Å². The van der Waals surface area contributed by atoms with Crippen LogP contribution in [0.3, 0.4) is 0 Å². The average Bonchev–Trinajstić information content (AvgIpc) is 3.24. The topological polar surface area (TPSA) is 78.5 Å². The van der Waals surface area contributed by atoms with Crippen LogP contribution in [0.15, 0.2) is 28.7 Å². The van der Waals surface area contributed by atoms with Crippen LogP contribution in [0, 0.1) is 5.92 Å². The molecule has 1 aromatic carbocycles. The van der Waals surface area contributed by atoms with Crippen LogP contribution in [0.25, 0.3) is 0 Å². The predicted octanol–water partition coefficient (Wildman–Crippen LogP) is 1.22. The molecular weight excluding hydrogens is 350 g/mol. The number of carbonyl (C=O) groups excluding carboxylic acids is 3. The summed E-state index contributed by atoms with van der Waals surface area (Å²) in [7, 11) is 0. The lowest BCUT2D eigenvalue weighted by atomic mass is 10.1. The monoisotopic (exact) mass is 365 g/mol. The summed E-state index contributed by atoms with van der Waals surface area (Å²) in [5, 5.41) is 5.25. The van der Waals surface area contributed by atoms with Crippen molar-refractivity contribution < 1.29 is 14.4 Å². The largest absolute Gasteiger partial charge is 0.354 e. The lowest BCUT2D eigenvalue weighted by Gasteiger charge is -2.12. The smallest absolute Gasteiger partial charge is 0.324 e. The summed E-state index contributed by atoms with van der Waals surface area (Å²) in [5.41, 5.74) is 1.16. The van der Waals surface area contributed by atoms with E-state index in [4.69, 9.17) is 0 Å². The van der Waals surface area contributed by atoms with Gasteiger partial charge in [0.05, 0.1) is 6.54 Å². The van der Waals surface area contributed by atoms with Crippen molar-refractivity contribution in [2.45, 2.75) is 12.3 Å². The molecule has 0 spiro atoms. The van der Waals surface area contributed by atoms with E-state index < -0.39 is 6.03 Å².